The summed E-state index contributed by atoms with van der Waals surface area (Å²) in [6.45, 7) is 4.22. The van der Waals surface area contributed by atoms with Crippen LogP contribution in [0.1, 0.15) is 25.3 Å². The van der Waals surface area contributed by atoms with Crippen LogP contribution in [0.3, 0.4) is 0 Å². The second kappa shape index (κ2) is 3.37. The maximum Gasteiger partial charge on any atom is 0.134 e. The number of nitrogens with zero attached hydrogens (tertiary/aromatic N) is 1. The van der Waals surface area contributed by atoms with E-state index in [1.807, 2.05) is 12.1 Å². The monoisotopic (exact) mass is 189 g/mol. The highest BCUT2D eigenvalue weighted by molar-refractivity contribution is 5.79. The van der Waals surface area contributed by atoms with Crippen molar-refractivity contribution in [3.63, 3.8) is 0 Å². The number of hydrogen-bond acceptors (Lipinski definition) is 1. The molecule has 2 aromatic rings. The molecule has 0 saturated heterocycles. The van der Waals surface area contributed by atoms with Gasteiger partial charge in [-0.2, -0.15) is 0 Å². The van der Waals surface area contributed by atoms with Crippen LogP contribution in [0.5, 0.6) is 0 Å². The van der Waals surface area contributed by atoms with E-state index in [9.17, 15) is 4.39 Å². The average molecular weight is 189 g/mol. The third kappa shape index (κ3) is 1.48. The van der Waals surface area contributed by atoms with Crippen LogP contribution in [-0.2, 0) is 0 Å². The van der Waals surface area contributed by atoms with Crippen LogP contribution in [0.4, 0.5) is 4.39 Å². The number of halogens is 1. The van der Waals surface area contributed by atoms with E-state index in [0.717, 1.165) is 5.52 Å². The summed E-state index contributed by atoms with van der Waals surface area (Å²) in [5, 5.41) is 0.594. The van der Waals surface area contributed by atoms with Gasteiger partial charge in [-0.05, 0) is 29.7 Å². The highest BCUT2D eigenvalue weighted by atomic mass is 19.1. The fourth-order valence-corrected chi connectivity index (χ4v) is 1.49. The Morgan fingerprint density at radius 3 is 2.71 bits per heavy atom. The summed E-state index contributed by atoms with van der Waals surface area (Å²) in [6, 6.07) is 7.09. The van der Waals surface area contributed by atoms with Crippen LogP contribution in [-0.4, -0.2) is 4.98 Å². The smallest absolute Gasteiger partial charge is 0.134 e. The van der Waals surface area contributed by atoms with Crippen LogP contribution in [0.15, 0.2) is 30.5 Å². The molecule has 14 heavy (non-hydrogen) atoms. The van der Waals surface area contributed by atoms with Crippen LogP contribution in [0.25, 0.3) is 10.9 Å². The van der Waals surface area contributed by atoms with Crippen molar-refractivity contribution in [2.75, 3.05) is 0 Å². The lowest BCUT2D eigenvalue weighted by atomic mass is 10.0. The Balaban J connectivity index is 2.67. The highest BCUT2D eigenvalue weighted by Crippen LogP contribution is 2.21. The van der Waals surface area contributed by atoms with Crippen LogP contribution in [0.2, 0.25) is 0 Å². The lowest BCUT2D eigenvalue weighted by Crippen LogP contribution is -1.89. The van der Waals surface area contributed by atoms with Gasteiger partial charge >= 0.3 is 0 Å². The maximum absolute atomic E-state index is 13.3. The minimum Gasteiger partial charge on any atom is -0.256 e. The Morgan fingerprint density at radius 1 is 1.21 bits per heavy atom. The largest absolute Gasteiger partial charge is 0.256 e. The van der Waals surface area contributed by atoms with E-state index in [0.29, 0.717) is 11.3 Å². The second-order valence-corrected chi connectivity index (χ2v) is 3.72. The number of pyridine rings is 1. The SMILES string of the molecule is CC(C)c1ccc2c(F)ccnc2c1. The van der Waals surface area contributed by atoms with Gasteiger partial charge in [-0.3, -0.25) is 4.98 Å². The molecule has 72 valence electrons. The molecule has 0 unspecified atom stereocenters. The molecule has 1 nitrogen and oxygen atoms in total. The highest BCUT2D eigenvalue weighted by Gasteiger charge is 2.04. The van der Waals surface area contributed by atoms with Gasteiger partial charge in [0.25, 0.3) is 0 Å². The van der Waals surface area contributed by atoms with Crippen molar-refractivity contribution in [2.45, 2.75) is 19.8 Å². The molecule has 2 rings (SSSR count). The first-order valence-corrected chi connectivity index (χ1v) is 4.72. The van der Waals surface area contributed by atoms with Gasteiger partial charge < -0.3 is 0 Å². The van der Waals surface area contributed by atoms with Crippen LogP contribution in [0, 0.1) is 5.82 Å². The summed E-state index contributed by atoms with van der Waals surface area (Å²) in [6.07, 6.45) is 1.50. The molecule has 0 amide bonds. The van der Waals surface area contributed by atoms with Crippen molar-refractivity contribution in [3.05, 3.63) is 41.8 Å². The molecule has 0 saturated carbocycles. The van der Waals surface area contributed by atoms with Crippen molar-refractivity contribution in [2.24, 2.45) is 0 Å². The molecular formula is C12H12FN. The Morgan fingerprint density at radius 2 is 2.00 bits per heavy atom. The number of rotatable bonds is 1. The van der Waals surface area contributed by atoms with Gasteiger partial charge in [-0.1, -0.05) is 19.9 Å². The van der Waals surface area contributed by atoms with Crippen molar-refractivity contribution in [1.29, 1.82) is 0 Å². The molecule has 1 heterocycles. The second-order valence-electron chi connectivity index (χ2n) is 3.72. The Hall–Kier alpha value is -1.44. The summed E-state index contributed by atoms with van der Waals surface area (Å²) in [4.78, 5) is 4.15. The molecular weight excluding hydrogens is 177 g/mol. The third-order valence-corrected chi connectivity index (χ3v) is 2.38. The van der Waals surface area contributed by atoms with E-state index < -0.39 is 0 Å². The van der Waals surface area contributed by atoms with Crippen molar-refractivity contribution in [3.8, 4) is 0 Å². The zero-order valence-electron chi connectivity index (χ0n) is 8.29. The molecule has 2 heteroatoms. The Labute approximate surface area is 82.6 Å². The molecule has 1 aromatic carbocycles. The number of aromatic nitrogens is 1. The van der Waals surface area contributed by atoms with Crippen molar-refractivity contribution < 1.29 is 4.39 Å². The molecule has 0 atom stereocenters. The van der Waals surface area contributed by atoms with Gasteiger partial charge in [0, 0.05) is 11.6 Å². The van der Waals surface area contributed by atoms with Crippen molar-refractivity contribution in [1.82, 2.24) is 4.98 Å². The molecule has 0 aliphatic heterocycles. The Bertz CT molecular complexity index is 463. The quantitative estimate of drug-likeness (QED) is 0.669. The lowest BCUT2D eigenvalue weighted by Gasteiger charge is -2.06. The summed E-state index contributed by atoms with van der Waals surface area (Å²) in [5.41, 5.74) is 1.92. The molecule has 0 aliphatic carbocycles. The zero-order valence-corrected chi connectivity index (χ0v) is 8.29. The topological polar surface area (TPSA) is 12.9 Å². The fraction of sp³-hybridized carbons (Fsp3) is 0.250. The molecule has 0 bridgehead atoms. The summed E-state index contributed by atoms with van der Waals surface area (Å²) in [5.74, 6) is 0.245. The van der Waals surface area contributed by atoms with Gasteiger partial charge in [-0.25, -0.2) is 4.39 Å². The lowest BCUT2D eigenvalue weighted by molar-refractivity contribution is 0.638. The fourth-order valence-electron chi connectivity index (χ4n) is 1.49. The van der Waals surface area contributed by atoms with Gasteiger partial charge in [0.05, 0.1) is 5.52 Å². The number of hydrogen-bond donors (Lipinski definition) is 0. The standard InChI is InChI=1S/C12H12FN/c1-8(2)9-3-4-10-11(13)5-6-14-12(10)7-9/h3-8H,1-2H3. The van der Waals surface area contributed by atoms with Crippen LogP contribution >= 0.6 is 0 Å². The first kappa shape index (κ1) is 9.13. The molecule has 0 aliphatic rings. The third-order valence-electron chi connectivity index (χ3n) is 2.38. The average Bonchev–Trinajstić information content (AvgIpc) is 2.17. The first-order chi connectivity index (χ1) is 6.68. The minimum absolute atomic E-state index is 0.203. The van der Waals surface area contributed by atoms with Gasteiger partial charge in [-0.15, -0.1) is 0 Å². The van der Waals surface area contributed by atoms with Gasteiger partial charge in [0.15, 0.2) is 0 Å². The predicted molar refractivity (Wildman–Crippen MR) is 55.8 cm³/mol. The van der Waals surface area contributed by atoms with Crippen LogP contribution < -0.4 is 0 Å². The van der Waals surface area contributed by atoms with E-state index >= 15 is 0 Å². The molecule has 0 spiro atoms. The van der Waals surface area contributed by atoms with E-state index in [1.165, 1.54) is 17.8 Å². The molecule has 0 fully saturated rings. The molecule has 0 N–H and O–H groups in total. The van der Waals surface area contributed by atoms with E-state index in [1.54, 1.807) is 6.07 Å². The summed E-state index contributed by atoms with van der Waals surface area (Å²) < 4.78 is 13.3. The maximum atomic E-state index is 13.3. The number of fused-ring (bicyclic) bond motifs is 1. The molecule has 1 aromatic heterocycles. The van der Waals surface area contributed by atoms with E-state index in [-0.39, 0.29) is 5.82 Å². The summed E-state index contributed by atoms with van der Waals surface area (Å²) in [7, 11) is 0. The Kier molecular flexibility index (Phi) is 2.20. The zero-order chi connectivity index (χ0) is 10.1. The van der Waals surface area contributed by atoms with E-state index in [2.05, 4.69) is 18.8 Å². The first-order valence-electron chi connectivity index (χ1n) is 4.72. The van der Waals surface area contributed by atoms with Gasteiger partial charge in [0.2, 0.25) is 0 Å². The van der Waals surface area contributed by atoms with Gasteiger partial charge in [0.1, 0.15) is 5.82 Å². The normalized spacial score (nSPS) is 11.1. The minimum atomic E-state index is -0.203. The van der Waals surface area contributed by atoms with E-state index in [4.69, 9.17) is 0 Å². The number of benzene rings is 1. The molecule has 0 radical (unpaired) electrons. The predicted octanol–water partition coefficient (Wildman–Crippen LogP) is 3.50. The van der Waals surface area contributed by atoms with Crippen molar-refractivity contribution >= 4 is 10.9 Å². The summed E-state index contributed by atoms with van der Waals surface area (Å²) >= 11 is 0.